The summed E-state index contributed by atoms with van der Waals surface area (Å²) in [4.78, 5) is 17.2. The highest BCUT2D eigenvalue weighted by Gasteiger charge is 2.14. The van der Waals surface area contributed by atoms with Gasteiger partial charge in [0.25, 0.3) is 10.8 Å². The van der Waals surface area contributed by atoms with E-state index in [4.69, 9.17) is 9.68 Å². The van der Waals surface area contributed by atoms with Crippen LogP contribution in [0.4, 0.5) is 0 Å². The van der Waals surface area contributed by atoms with Crippen molar-refractivity contribution in [2.45, 2.75) is 24.4 Å². The Kier molecular flexibility index (Phi) is 4.91. The molecule has 28 heavy (non-hydrogen) atoms. The van der Waals surface area contributed by atoms with Crippen molar-refractivity contribution in [1.29, 1.82) is 5.26 Å². The smallest absolute Gasteiger partial charge is 0.277 e. The molecule has 0 saturated carbocycles. The van der Waals surface area contributed by atoms with Gasteiger partial charge in [-0.25, -0.2) is 4.98 Å². The summed E-state index contributed by atoms with van der Waals surface area (Å²) in [5.74, 6) is 1.26. The molecular formula is C20H15N5O2S. The van der Waals surface area contributed by atoms with Crippen molar-refractivity contribution >= 4 is 22.7 Å². The Morgan fingerprint density at radius 2 is 2.04 bits per heavy atom. The first kappa shape index (κ1) is 17.9. The van der Waals surface area contributed by atoms with Crippen molar-refractivity contribution in [2.24, 2.45) is 0 Å². The third kappa shape index (κ3) is 3.52. The quantitative estimate of drug-likeness (QED) is 0.481. The Hall–Kier alpha value is -3.44. The van der Waals surface area contributed by atoms with Crippen LogP contribution in [-0.2, 0) is 12.3 Å². The number of thioether (sulfide) groups is 1. The second-order valence-corrected chi connectivity index (χ2v) is 7.05. The van der Waals surface area contributed by atoms with E-state index < -0.39 is 0 Å². The van der Waals surface area contributed by atoms with Gasteiger partial charge in [0.05, 0.1) is 22.7 Å². The van der Waals surface area contributed by atoms with E-state index in [1.807, 2.05) is 43.3 Å². The number of para-hydroxylation sites is 1. The van der Waals surface area contributed by atoms with Crippen molar-refractivity contribution in [1.82, 2.24) is 19.7 Å². The maximum atomic E-state index is 12.7. The van der Waals surface area contributed by atoms with Crippen LogP contribution < -0.4 is 5.56 Å². The maximum Gasteiger partial charge on any atom is 0.277 e. The average molecular weight is 389 g/mol. The van der Waals surface area contributed by atoms with Gasteiger partial charge >= 0.3 is 0 Å². The number of fused-ring (bicyclic) bond motifs is 1. The summed E-state index contributed by atoms with van der Waals surface area (Å²) < 4.78 is 7.11. The molecule has 4 aromatic rings. The molecule has 0 bridgehead atoms. The lowest BCUT2D eigenvalue weighted by Gasteiger charge is -2.09. The highest BCUT2D eigenvalue weighted by molar-refractivity contribution is 7.98. The number of nitriles is 1. The molecule has 2 aromatic carbocycles. The SMILES string of the molecule is Cc1cccc(-c2nnc(SCc3nc4ccccc4c(=O)n3CC#N)o2)c1. The van der Waals surface area contributed by atoms with Crippen LogP contribution >= 0.6 is 11.8 Å². The first-order valence-corrected chi connectivity index (χ1v) is 9.53. The molecule has 0 spiro atoms. The number of aromatic nitrogens is 4. The molecule has 0 N–H and O–H groups in total. The number of rotatable bonds is 5. The number of nitrogens with zero attached hydrogens (tertiary/aromatic N) is 5. The van der Waals surface area contributed by atoms with E-state index in [1.54, 1.807) is 18.2 Å². The molecule has 0 fully saturated rings. The summed E-state index contributed by atoms with van der Waals surface area (Å²) in [7, 11) is 0. The Balaban J connectivity index is 1.62. The van der Waals surface area contributed by atoms with Gasteiger partial charge in [-0.05, 0) is 31.2 Å². The minimum Gasteiger partial charge on any atom is -0.411 e. The number of aryl methyl sites for hydroxylation is 1. The summed E-state index contributed by atoms with van der Waals surface area (Å²) in [5, 5.41) is 18.1. The van der Waals surface area contributed by atoms with Crippen molar-refractivity contribution in [3.05, 3.63) is 70.3 Å². The van der Waals surface area contributed by atoms with E-state index in [9.17, 15) is 4.79 Å². The molecule has 8 heteroatoms. The molecule has 0 aliphatic rings. The zero-order valence-corrected chi connectivity index (χ0v) is 15.8. The van der Waals surface area contributed by atoms with Crippen LogP contribution in [0.25, 0.3) is 22.4 Å². The minimum atomic E-state index is -0.228. The Morgan fingerprint density at radius 1 is 1.18 bits per heavy atom. The lowest BCUT2D eigenvalue weighted by Crippen LogP contribution is -2.24. The molecule has 0 aliphatic carbocycles. The number of benzene rings is 2. The van der Waals surface area contributed by atoms with E-state index in [0.717, 1.165) is 11.1 Å². The fraction of sp³-hybridized carbons (Fsp3) is 0.150. The van der Waals surface area contributed by atoms with Crippen molar-refractivity contribution < 1.29 is 4.42 Å². The Labute approximate surface area is 164 Å². The van der Waals surface area contributed by atoms with Gasteiger partial charge in [0.2, 0.25) is 5.89 Å². The molecule has 0 radical (unpaired) electrons. The van der Waals surface area contributed by atoms with Crippen LogP contribution in [-0.4, -0.2) is 19.7 Å². The van der Waals surface area contributed by atoms with E-state index in [1.165, 1.54) is 16.3 Å². The normalized spacial score (nSPS) is 10.9. The molecular weight excluding hydrogens is 374 g/mol. The predicted molar refractivity (Wildman–Crippen MR) is 106 cm³/mol. The number of hydrogen-bond acceptors (Lipinski definition) is 7. The zero-order valence-electron chi connectivity index (χ0n) is 15.0. The first-order valence-electron chi connectivity index (χ1n) is 8.54. The van der Waals surface area contributed by atoms with Crippen molar-refractivity contribution in [2.75, 3.05) is 0 Å². The fourth-order valence-electron chi connectivity index (χ4n) is 2.85. The van der Waals surface area contributed by atoms with Gasteiger partial charge in [0, 0.05) is 5.56 Å². The molecule has 2 aromatic heterocycles. The zero-order chi connectivity index (χ0) is 19.5. The summed E-state index contributed by atoms with van der Waals surface area (Å²) in [6.45, 7) is 1.93. The molecule has 2 heterocycles. The summed E-state index contributed by atoms with van der Waals surface area (Å²) >= 11 is 1.28. The third-order valence-corrected chi connectivity index (χ3v) is 4.98. The largest absolute Gasteiger partial charge is 0.411 e. The van der Waals surface area contributed by atoms with Crippen LogP contribution in [0.2, 0.25) is 0 Å². The van der Waals surface area contributed by atoms with Gasteiger partial charge < -0.3 is 4.42 Å². The first-order chi connectivity index (χ1) is 13.7. The lowest BCUT2D eigenvalue weighted by molar-refractivity contribution is 0.465. The van der Waals surface area contributed by atoms with Crippen LogP contribution in [0, 0.1) is 18.3 Å². The van der Waals surface area contributed by atoms with E-state index in [-0.39, 0.29) is 12.1 Å². The molecule has 0 aliphatic heterocycles. The monoisotopic (exact) mass is 389 g/mol. The van der Waals surface area contributed by atoms with E-state index in [0.29, 0.717) is 33.6 Å². The third-order valence-electron chi connectivity index (χ3n) is 4.17. The van der Waals surface area contributed by atoms with Crippen LogP contribution in [0.15, 0.2) is 63.0 Å². The minimum absolute atomic E-state index is 0.0645. The van der Waals surface area contributed by atoms with Gasteiger partial charge in [0.1, 0.15) is 12.4 Å². The second-order valence-electron chi connectivity index (χ2n) is 6.13. The Bertz CT molecular complexity index is 1260. The van der Waals surface area contributed by atoms with Crippen LogP contribution in [0.5, 0.6) is 0 Å². The number of hydrogen-bond donors (Lipinski definition) is 0. The average Bonchev–Trinajstić information content (AvgIpc) is 3.18. The van der Waals surface area contributed by atoms with Crippen molar-refractivity contribution in [3.8, 4) is 17.5 Å². The second kappa shape index (κ2) is 7.66. The molecule has 0 atom stereocenters. The topological polar surface area (TPSA) is 97.6 Å². The molecule has 0 amide bonds. The molecule has 7 nitrogen and oxygen atoms in total. The van der Waals surface area contributed by atoms with Crippen LogP contribution in [0.3, 0.4) is 0 Å². The highest BCUT2D eigenvalue weighted by Crippen LogP contribution is 2.26. The lowest BCUT2D eigenvalue weighted by atomic mass is 10.1. The van der Waals surface area contributed by atoms with Gasteiger partial charge in [-0.15, -0.1) is 10.2 Å². The summed E-state index contributed by atoms with van der Waals surface area (Å²) in [5.41, 5.74) is 2.33. The summed E-state index contributed by atoms with van der Waals surface area (Å²) in [6.07, 6.45) is 0. The standard InChI is InChI=1S/C20H15N5O2S/c1-13-5-4-6-14(11-13)18-23-24-20(27-18)28-12-17-22-16-8-3-2-7-15(16)19(26)25(17)10-9-21/h2-8,11H,10,12H2,1H3. The Morgan fingerprint density at radius 3 is 2.86 bits per heavy atom. The highest BCUT2D eigenvalue weighted by atomic mass is 32.2. The fourth-order valence-corrected chi connectivity index (χ4v) is 3.56. The van der Waals surface area contributed by atoms with E-state index >= 15 is 0 Å². The predicted octanol–water partition coefficient (Wildman–Crippen LogP) is 3.57. The van der Waals surface area contributed by atoms with Gasteiger partial charge in [-0.2, -0.15) is 5.26 Å². The van der Waals surface area contributed by atoms with Crippen molar-refractivity contribution in [3.63, 3.8) is 0 Å². The van der Waals surface area contributed by atoms with E-state index in [2.05, 4.69) is 15.2 Å². The van der Waals surface area contributed by atoms with Gasteiger partial charge in [-0.1, -0.05) is 41.6 Å². The molecule has 0 saturated heterocycles. The molecule has 4 rings (SSSR count). The summed E-state index contributed by atoms with van der Waals surface area (Å²) in [6, 6.07) is 16.9. The van der Waals surface area contributed by atoms with Crippen LogP contribution in [0.1, 0.15) is 11.4 Å². The maximum absolute atomic E-state index is 12.7. The van der Waals surface area contributed by atoms with Gasteiger partial charge in [-0.3, -0.25) is 9.36 Å². The molecule has 0 unspecified atom stereocenters. The molecule has 138 valence electrons. The van der Waals surface area contributed by atoms with Gasteiger partial charge in [0.15, 0.2) is 0 Å².